The third-order valence-electron chi connectivity index (χ3n) is 4.79. The monoisotopic (exact) mass is 457 g/mol. The summed E-state index contributed by atoms with van der Waals surface area (Å²) in [6.45, 7) is 0. The molecule has 0 aromatic heterocycles. The van der Waals surface area contributed by atoms with Gasteiger partial charge < -0.3 is 14.8 Å². The summed E-state index contributed by atoms with van der Waals surface area (Å²) in [5, 5.41) is 3.08. The molecule has 160 valence electrons. The van der Waals surface area contributed by atoms with Crippen molar-refractivity contribution >= 4 is 35.1 Å². The largest absolute Gasteiger partial charge is 0.496 e. The van der Waals surface area contributed by atoms with E-state index in [-0.39, 0.29) is 22.0 Å². The summed E-state index contributed by atoms with van der Waals surface area (Å²) in [6, 6.07) is 19.2. The predicted octanol–water partition coefficient (Wildman–Crippen LogP) is 5.18. The molecule has 1 N–H and O–H groups in total. The Labute approximate surface area is 190 Å². The molecule has 0 aliphatic rings. The normalized spacial score (nSPS) is 11.5. The minimum absolute atomic E-state index is 0.117. The predicted molar refractivity (Wildman–Crippen MR) is 122 cm³/mol. The van der Waals surface area contributed by atoms with E-state index in [1.807, 2.05) is 48.5 Å². The van der Waals surface area contributed by atoms with Crippen molar-refractivity contribution in [3.63, 3.8) is 0 Å². The molecule has 3 rings (SSSR count). The van der Waals surface area contributed by atoms with Gasteiger partial charge >= 0.3 is 5.97 Å². The van der Waals surface area contributed by atoms with Gasteiger partial charge in [0.2, 0.25) is 0 Å². The van der Waals surface area contributed by atoms with Gasteiger partial charge in [-0.05, 0) is 29.3 Å². The Kier molecular flexibility index (Phi) is 7.55. The molecule has 0 bridgehead atoms. The van der Waals surface area contributed by atoms with E-state index >= 15 is 0 Å². The highest BCUT2D eigenvalue weighted by molar-refractivity contribution is 6.39. The number of hydrogen-bond acceptors (Lipinski definition) is 4. The number of halogens is 2. The Morgan fingerprint density at radius 2 is 1.55 bits per heavy atom. The first-order valence-electron chi connectivity index (χ1n) is 9.49. The summed E-state index contributed by atoms with van der Waals surface area (Å²) < 4.78 is 10.3. The van der Waals surface area contributed by atoms with Gasteiger partial charge in [-0.15, -0.1) is 0 Å². The Bertz CT molecular complexity index is 1060. The van der Waals surface area contributed by atoms with Crippen molar-refractivity contribution < 1.29 is 19.1 Å². The SMILES string of the molecule is COC(=O)[C@H](Cc1ccc(-c2ccccc2OC)cc1)NC(=O)c1c(Cl)cccc1Cl. The first-order valence-corrected chi connectivity index (χ1v) is 10.2. The van der Waals surface area contributed by atoms with Gasteiger partial charge in [-0.3, -0.25) is 4.79 Å². The Balaban J connectivity index is 1.80. The number of esters is 1. The number of rotatable bonds is 7. The number of carbonyl (C=O) groups excluding carboxylic acids is 2. The van der Waals surface area contributed by atoms with Gasteiger partial charge in [0.1, 0.15) is 11.8 Å². The minimum atomic E-state index is -0.901. The lowest BCUT2D eigenvalue weighted by atomic mass is 10.00. The standard InChI is InChI=1S/C24H21Cl2NO4/c1-30-21-9-4-3-6-17(21)16-12-10-15(11-13-16)14-20(24(29)31-2)27-23(28)22-18(25)7-5-8-19(22)26/h3-13,20H,14H2,1-2H3,(H,27,28)/t20-/m0/s1. The van der Waals surface area contributed by atoms with Crippen LogP contribution >= 0.6 is 23.2 Å². The van der Waals surface area contributed by atoms with E-state index < -0.39 is 17.9 Å². The van der Waals surface area contributed by atoms with Crippen LogP contribution in [0, 0.1) is 0 Å². The maximum Gasteiger partial charge on any atom is 0.328 e. The van der Waals surface area contributed by atoms with Gasteiger partial charge in [0.25, 0.3) is 5.91 Å². The fraction of sp³-hybridized carbons (Fsp3) is 0.167. The van der Waals surface area contributed by atoms with Gasteiger partial charge in [0.15, 0.2) is 0 Å². The molecule has 0 radical (unpaired) electrons. The van der Waals surface area contributed by atoms with E-state index in [1.54, 1.807) is 25.3 Å². The average Bonchev–Trinajstić information content (AvgIpc) is 2.78. The fourth-order valence-electron chi connectivity index (χ4n) is 3.22. The van der Waals surface area contributed by atoms with E-state index in [1.165, 1.54) is 7.11 Å². The number of carbonyl (C=O) groups is 2. The van der Waals surface area contributed by atoms with Crippen molar-refractivity contribution in [3.05, 3.63) is 87.9 Å². The number of benzene rings is 3. The van der Waals surface area contributed by atoms with E-state index in [0.717, 1.165) is 22.4 Å². The van der Waals surface area contributed by atoms with Crippen LogP contribution in [0.15, 0.2) is 66.7 Å². The van der Waals surface area contributed by atoms with Gasteiger partial charge in [0, 0.05) is 12.0 Å². The number of para-hydroxylation sites is 1. The molecule has 0 saturated carbocycles. The molecule has 31 heavy (non-hydrogen) atoms. The molecule has 7 heteroatoms. The third-order valence-corrected chi connectivity index (χ3v) is 5.42. The second-order valence-electron chi connectivity index (χ2n) is 6.75. The van der Waals surface area contributed by atoms with Crippen LogP contribution in [0.1, 0.15) is 15.9 Å². The smallest absolute Gasteiger partial charge is 0.328 e. The Morgan fingerprint density at radius 3 is 2.16 bits per heavy atom. The zero-order valence-electron chi connectivity index (χ0n) is 17.0. The van der Waals surface area contributed by atoms with E-state index in [0.29, 0.717) is 0 Å². The second kappa shape index (κ2) is 10.3. The molecule has 5 nitrogen and oxygen atoms in total. The minimum Gasteiger partial charge on any atom is -0.496 e. The fourth-order valence-corrected chi connectivity index (χ4v) is 3.79. The van der Waals surface area contributed by atoms with Crippen LogP contribution in [0.3, 0.4) is 0 Å². The Hall–Kier alpha value is -3.02. The van der Waals surface area contributed by atoms with Gasteiger partial charge in [-0.1, -0.05) is 71.7 Å². The molecule has 0 fully saturated rings. The number of methoxy groups -OCH3 is 2. The number of amides is 1. The summed E-state index contributed by atoms with van der Waals surface area (Å²) in [5.74, 6) is -0.339. The highest BCUT2D eigenvalue weighted by Gasteiger charge is 2.25. The van der Waals surface area contributed by atoms with Crippen molar-refractivity contribution in [2.24, 2.45) is 0 Å². The van der Waals surface area contributed by atoms with Crippen LogP contribution in [0.25, 0.3) is 11.1 Å². The topological polar surface area (TPSA) is 64.6 Å². The van der Waals surface area contributed by atoms with Gasteiger partial charge in [0.05, 0.1) is 29.8 Å². The van der Waals surface area contributed by atoms with Crippen LogP contribution in [0.5, 0.6) is 5.75 Å². The molecule has 1 amide bonds. The summed E-state index contributed by atoms with van der Waals surface area (Å²) in [4.78, 5) is 25.0. The van der Waals surface area contributed by atoms with E-state index in [2.05, 4.69) is 5.32 Å². The maximum atomic E-state index is 12.7. The summed E-state index contributed by atoms with van der Waals surface area (Å²) >= 11 is 12.2. The molecular formula is C24H21Cl2NO4. The van der Waals surface area contributed by atoms with Gasteiger partial charge in [-0.25, -0.2) is 4.79 Å². The molecule has 0 heterocycles. The van der Waals surface area contributed by atoms with Crippen LogP contribution in [-0.4, -0.2) is 32.1 Å². The molecule has 3 aromatic carbocycles. The van der Waals surface area contributed by atoms with Gasteiger partial charge in [-0.2, -0.15) is 0 Å². The number of nitrogens with one attached hydrogen (secondary N) is 1. The van der Waals surface area contributed by atoms with E-state index in [4.69, 9.17) is 32.7 Å². The zero-order chi connectivity index (χ0) is 22.4. The quantitative estimate of drug-likeness (QED) is 0.496. The lowest BCUT2D eigenvalue weighted by Gasteiger charge is -2.18. The second-order valence-corrected chi connectivity index (χ2v) is 7.56. The van der Waals surface area contributed by atoms with Crippen LogP contribution in [0.4, 0.5) is 0 Å². The van der Waals surface area contributed by atoms with Crippen molar-refractivity contribution in [2.45, 2.75) is 12.5 Å². The van der Waals surface area contributed by atoms with E-state index in [9.17, 15) is 9.59 Å². The highest BCUT2D eigenvalue weighted by atomic mass is 35.5. The molecular weight excluding hydrogens is 437 g/mol. The molecule has 0 unspecified atom stereocenters. The molecule has 1 atom stereocenters. The molecule has 0 aliphatic heterocycles. The zero-order valence-corrected chi connectivity index (χ0v) is 18.5. The third kappa shape index (κ3) is 5.37. The van der Waals surface area contributed by atoms with Crippen molar-refractivity contribution in [3.8, 4) is 16.9 Å². The molecule has 0 aliphatic carbocycles. The number of hydrogen-bond donors (Lipinski definition) is 1. The van der Waals surface area contributed by atoms with Crippen molar-refractivity contribution in [2.75, 3.05) is 14.2 Å². The van der Waals surface area contributed by atoms with Crippen LogP contribution < -0.4 is 10.1 Å². The lowest BCUT2D eigenvalue weighted by Crippen LogP contribution is -2.43. The van der Waals surface area contributed by atoms with Crippen molar-refractivity contribution in [1.82, 2.24) is 5.32 Å². The van der Waals surface area contributed by atoms with Crippen LogP contribution in [-0.2, 0) is 16.0 Å². The summed E-state index contributed by atoms with van der Waals surface area (Å²) in [7, 11) is 2.90. The molecule has 0 saturated heterocycles. The Morgan fingerprint density at radius 1 is 0.903 bits per heavy atom. The molecule has 3 aromatic rings. The average molecular weight is 458 g/mol. The maximum absolute atomic E-state index is 12.7. The van der Waals surface area contributed by atoms with Crippen LogP contribution in [0.2, 0.25) is 10.0 Å². The summed E-state index contributed by atoms with van der Waals surface area (Å²) in [6.07, 6.45) is 0.243. The number of ether oxygens (including phenoxy) is 2. The lowest BCUT2D eigenvalue weighted by molar-refractivity contribution is -0.142. The molecule has 0 spiro atoms. The first kappa shape index (κ1) is 22.7. The highest BCUT2D eigenvalue weighted by Crippen LogP contribution is 2.30. The van der Waals surface area contributed by atoms with Crippen molar-refractivity contribution in [1.29, 1.82) is 0 Å². The summed E-state index contributed by atoms with van der Waals surface area (Å²) in [5.41, 5.74) is 2.90. The first-order chi connectivity index (χ1) is 14.9.